The first-order chi connectivity index (χ1) is 7.88. The first-order valence-corrected chi connectivity index (χ1v) is 5.56. The van der Waals surface area contributed by atoms with Crippen LogP contribution in [0.1, 0.15) is 18.0 Å². The van der Waals surface area contributed by atoms with E-state index in [1.54, 1.807) is 0 Å². The van der Waals surface area contributed by atoms with Crippen molar-refractivity contribution in [3.8, 4) is 5.69 Å². The Hall–Kier alpha value is -1.68. The van der Waals surface area contributed by atoms with Crippen LogP contribution in [0.5, 0.6) is 0 Å². The molecule has 0 saturated heterocycles. The van der Waals surface area contributed by atoms with Crippen LogP contribution < -0.4 is 5.73 Å². The molecule has 0 unspecified atom stereocenters. The minimum absolute atomic E-state index is 0.530. The van der Waals surface area contributed by atoms with E-state index < -0.39 is 0 Å². The van der Waals surface area contributed by atoms with Gasteiger partial charge in [-0.15, -0.1) is 5.10 Å². The molecule has 0 bridgehead atoms. The molecule has 1 fully saturated rings. The lowest BCUT2D eigenvalue weighted by Gasteiger charge is -1.97. The molecule has 1 saturated carbocycles. The lowest BCUT2D eigenvalue weighted by atomic mass is 10.2. The molecule has 16 heavy (non-hydrogen) atoms. The molecule has 0 radical (unpaired) electrons. The number of aromatic nitrogens is 3. The van der Waals surface area contributed by atoms with Gasteiger partial charge in [-0.05, 0) is 31.0 Å². The van der Waals surface area contributed by atoms with Gasteiger partial charge in [0.05, 0.1) is 17.6 Å². The zero-order valence-electron chi connectivity index (χ0n) is 8.95. The van der Waals surface area contributed by atoms with Crippen LogP contribution in [0, 0.1) is 5.92 Å². The summed E-state index contributed by atoms with van der Waals surface area (Å²) >= 11 is 0. The molecule has 1 aromatic carbocycles. The third kappa shape index (κ3) is 1.61. The number of nitrogens with two attached hydrogens (primary N) is 1. The second kappa shape index (κ2) is 3.72. The summed E-state index contributed by atoms with van der Waals surface area (Å²) in [5.74, 6) is 1.14. The first kappa shape index (κ1) is 9.54. The Labute approximate surface area is 94.1 Å². The predicted octanol–water partition coefficient (Wildman–Crippen LogP) is 1.33. The molecule has 2 atom stereocenters. The molecule has 0 aliphatic heterocycles. The highest BCUT2D eigenvalue weighted by atomic mass is 15.4. The molecule has 0 spiro atoms. The summed E-state index contributed by atoms with van der Waals surface area (Å²) in [6.45, 7) is 0.753. The average Bonchev–Trinajstić information content (AvgIpc) is 2.98. The van der Waals surface area contributed by atoms with E-state index in [2.05, 4.69) is 10.3 Å². The Balaban J connectivity index is 1.84. The van der Waals surface area contributed by atoms with Crippen molar-refractivity contribution < 1.29 is 0 Å². The van der Waals surface area contributed by atoms with Crippen LogP contribution >= 0.6 is 0 Å². The Morgan fingerprint density at radius 2 is 2.12 bits per heavy atom. The highest BCUT2D eigenvalue weighted by molar-refractivity contribution is 5.30. The van der Waals surface area contributed by atoms with Gasteiger partial charge in [-0.25, -0.2) is 4.68 Å². The van der Waals surface area contributed by atoms with E-state index in [0.717, 1.165) is 24.3 Å². The molecule has 2 aromatic rings. The topological polar surface area (TPSA) is 56.7 Å². The summed E-state index contributed by atoms with van der Waals surface area (Å²) in [6, 6.07) is 10.0. The summed E-state index contributed by atoms with van der Waals surface area (Å²) in [5.41, 5.74) is 7.74. The SMILES string of the molecule is NC[C@@H]1C[C@H]1c1cn(-c2ccccc2)nn1. The lowest BCUT2D eigenvalue weighted by molar-refractivity contribution is 0.777. The monoisotopic (exact) mass is 214 g/mol. The molecule has 4 heteroatoms. The average molecular weight is 214 g/mol. The molecule has 1 aliphatic carbocycles. The molecule has 4 nitrogen and oxygen atoms in total. The lowest BCUT2D eigenvalue weighted by Crippen LogP contribution is -2.01. The number of hydrogen-bond donors (Lipinski definition) is 1. The van der Waals surface area contributed by atoms with E-state index in [9.17, 15) is 0 Å². The summed E-state index contributed by atoms with van der Waals surface area (Å²) < 4.78 is 1.82. The van der Waals surface area contributed by atoms with Crippen LogP contribution in [0.4, 0.5) is 0 Å². The number of rotatable bonds is 3. The van der Waals surface area contributed by atoms with Crippen molar-refractivity contribution in [3.05, 3.63) is 42.2 Å². The molecule has 82 valence electrons. The Morgan fingerprint density at radius 1 is 1.31 bits per heavy atom. The van der Waals surface area contributed by atoms with Gasteiger partial charge in [-0.2, -0.15) is 0 Å². The molecular formula is C12H14N4. The summed E-state index contributed by atoms with van der Waals surface area (Å²) in [6.07, 6.45) is 3.17. The van der Waals surface area contributed by atoms with Crippen LogP contribution in [-0.4, -0.2) is 21.5 Å². The van der Waals surface area contributed by atoms with Crippen LogP contribution in [0.15, 0.2) is 36.5 Å². The van der Waals surface area contributed by atoms with Crippen molar-refractivity contribution >= 4 is 0 Å². The number of nitrogens with zero attached hydrogens (tertiary/aromatic N) is 3. The highest BCUT2D eigenvalue weighted by Gasteiger charge is 2.39. The second-order valence-corrected chi connectivity index (χ2v) is 4.26. The maximum atomic E-state index is 5.62. The largest absolute Gasteiger partial charge is 0.330 e. The van der Waals surface area contributed by atoms with Crippen molar-refractivity contribution in [2.45, 2.75) is 12.3 Å². The quantitative estimate of drug-likeness (QED) is 0.838. The maximum Gasteiger partial charge on any atom is 0.0866 e. The van der Waals surface area contributed by atoms with Crippen molar-refractivity contribution in [1.29, 1.82) is 0 Å². The van der Waals surface area contributed by atoms with Gasteiger partial charge in [-0.1, -0.05) is 23.4 Å². The summed E-state index contributed by atoms with van der Waals surface area (Å²) in [7, 11) is 0. The van der Waals surface area contributed by atoms with Gasteiger partial charge in [0.2, 0.25) is 0 Å². The van der Waals surface area contributed by atoms with Gasteiger partial charge in [0, 0.05) is 5.92 Å². The first-order valence-electron chi connectivity index (χ1n) is 5.56. The fourth-order valence-electron chi connectivity index (χ4n) is 2.02. The predicted molar refractivity (Wildman–Crippen MR) is 61.3 cm³/mol. The van der Waals surface area contributed by atoms with E-state index in [1.165, 1.54) is 0 Å². The van der Waals surface area contributed by atoms with Crippen LogP contribution in [-0.2, 0) is 0 Å². The minimum atomic E-state index is 0.530. The third-order valence-electron chi connectivity index (χ3n) is 3.14. The summed E-state index contributed by atoms with van der Waals surface area (Å²) in [5, 5.41) is 8.35. The van der Waals surface area contributed by atoms with Gasteiger partial charge in [0.25, 0.3) is 0 Å². The van der Waals surface area contributed by atoms with E-state index in [0.29, 0.717) is 11.8 Å². The molecule has 1 aromatic heterocycles. The number of benzene rings is 1. The normalized spacial score (nSPS) is 23.3. The van der Waals surface area contributed by atoms with E-state index in [-0.39, 0.29) is 0 Å². The van der Waals surface area contributed by atoms with Crippen molar-refractivity contribution in [1.82, 2.24) is 15.0 Å². The van der Waals surface area contributed by atoms with Crippen LogP contribution in [0.2, 0.25) is 0 Å². The fraction of sp³-hybridized carbons (Fsp3) is 0.333. The van der Waals surface area contributed by atoms with Crippen molar-refractivity contribution in [2.24, 2.45) is 11.7 Å². The Kier molecular flexibility index (Phi) is 2.22. The van der Waals surface area contributed by atoms with Crippen LogP contribution in [0.3, 0.4) is 0 Å². The van der Waals surface area contributed by atoms with Crippen molar-refractivity contribution in [2.75, 3.05) is 6.54 Å². The molecule has 3 rings (SSSR count). The number of para-hydroxylation sites is 1. The van der Waals surface area contributed by atoms with Gasteiger partial charge in [0.1, 0.15) is 0 Å². The zero-order valence-corrected chi connectivity index (χ0v) is 8.95. The van der Waals surface area contributed by atoms with Gasteiger partial charge in [0.15, 0.2) is 0 Å². The molecular weight excluding hydrogens is 200 g/mol. The summed E-state index contributed by atoms with van der Waals surface area (Å²) in [4.78, 5) is 0. The van der Waals surface area contributed by atoms with Crippen molar-refractivity contribution in [3.63, 3.8) is 0 Å². The van der Waals surface area contributed by atoms with E-state index >= 15 is 0 Å². The number of hydrogen-bond acceptors (Lipinski definition) is 3. The Morgan fingerprint density at radius 3 is 2.81 bits per heavy atom. The molecule has 0 amide bonds. The van der Waals surface area contributed by atoms with Gasteiger partial charge < -0.3 is 5.73 Å². The molecule has 1 aliphatic rings. The van der Waals surface area contributed by atoms with Gasteiger partial charge >= 0.3 is 0 Å². The second-order valence-electron chi connectivity index (χ2n) is 4.26. The maximum absolute atomic E-state index is 5.62. The standard InChI is InChI=1S/C12H14N4/c13-7-9-6-11(9)12-8-16(15-14-12)10-4-2-1-3-5-10/h1-5,8-9,11H,6-7,13H2/t9-,11+/m0/s1. The van der Waals surface area contributed by atoms with E-state index in [1.807, 2.05) is 41.2 Å². The van der Waals surface area contributed by atoms with Crippen LogP contribution in [0.25, 0.3) is 5.69 Å². The third-order valence-corrected chi connectivity index (χ3v) is 3.14. The Bertz CT molecular complexity index is 477. The smallest absolute Gasteiger partial charge is 0.0866 e. The molecule has 2 N–H and O–H groups in total. The molecule has 1 heterocycles. The van der Waals surface area contributed by atoms with E-state index in [4.69, 9.17) is 5.73 Å². The zero-order chi connectivity index (χ0) is 11.0. The van der Waals surface area contributed by atoms with Gasteiger partial charge in [-0.3, -0.25) is 0 Å². The minimum Gasteiger partial charge on any atom is -0.330 e. The highest BCUT2D eigenvalue weighted by Crippen LogP contribution is 2.45. The fourth-order valence-corrected chi connectivity index (χ4v) is 2.02.